The van der Waals surface area contributed by atoms with Crippen LogP contribution in [0.5, 0.6) is 11.5 Å². The molecule has 0 N–H and O–H groups in total. The van der Waals surface area contributed by atoms with Crippen LogP contribution in [0.2, 0.25) is 0 Å². The molecule has 1 amide bonds. The molecular weight excluding hydrogens is 402 g/mol. The largest absolute Gasteiger partial charge is 0.493 e. The summed E-state index contributed by atoms with van der Waals surface area (Å²) < 4.78 is 17.4. The molecular formula is C22H25N3O4S. The summed E-state index contributed by atoms with van der Waals surface area (Å²) in [4.78, 5) is 22.4. The predicted molar refractivity (Wildman–Crippen MR) is 118 cm³/mol. The molecule has 1 fully saturated rings. The third-order valence-electron chi connectivity index (χ3n) is 5.14. The summed E-state index contributed by atoms with van der Waals surface area (Å²) in [6.45, 7) is 4.45. The number of hydrogen-bond acceptors (Lipinski definition) is 7. The lowest BCUT2D eigenvalue weighted by atomic mass is 10.1. The molecule has 0 atom stereocenters. The molecule has 7 nitrogen and oxygen atoms in total. The van der Waals surface area contributed by atoms with E-state index in [4.69, 9.17) is 19.2 Å². The number of morpholine rings is 1. The minimum atomic E-state index is -0.155. The van der Waals surface area contributed by atoms with E-state index in [1.54, 1.807) is 37.3 Å². The number of nitrogens with zero attached hydrogens (tertiary/aromatic N) is 3. The summed E-state index contributed by atoms with van der Waals surface area (Å²) in [6, 6.07) is 13.3. The highest BCUT2D eigenvalue weighted by Crippen LogP contribution is 2.34. The van der Waals surface area contributed by atoms with Crippen LogP contribution >= 0.6 is 11.3 Å². The SMILES string of the molecule is COc1cccc(C(=O)N(CCN2CCOCC2)c2nc3ccccc3s2)c1OC. The van der Waals surface area contributed by atoms with Crippen LogP contribution in [0.4, 0.5) is 5.13 Å². The van der Waals surface area contributed by atoms with Crippen molar-refractivity contribution >= 4 is 32.6 Å². The van der Waals surface area contributed by atoms with E-state index < -0.39 is 0 Å². The van der Waals surface area contributed by atoms with Crippen LogP contribution in [-0.4, -0.2) is 69.4 Å². The number of ether oxygens (including phenoxy) is 3. The summed E-state index contributed by atoms with van der Waals surface area (Å²) in [6.07, 6.45) is 0. The van der Waals surface area contributed by atoms with Crippen LogP contribution < -0.4 is 14.4 Å². The molecule has 0 aliphatic carbocycles. The number of carbonyl (C=O) groups excluding carboxylic acids is 1. The number of amides is 1. The highest BCUT2D eigenvalue weighted by atomic mass is 32.1. The van der Waals surface area contributed by atoms with Gasteiger partial charge in [-0.15, -0.1) is 0 Å². The first-order chi connectivity index (χ1) is 14.7. The predicted octanol–water partition coefficient (Wildman–Crippen LogP) is 3.29. The molecule has 1 aliphatic heterocycles. The topological polar surface area (TPSA) is 64.1 Å². The van der Waals surface area contributed by atoms with Crippen molar-refractivity contribution in [2.45, 2.75) is 0 Å². The maximum Gasteiger partial charge on any atom is 0.264 e. The highest BCUT2D eigenvalue weighted by Gasteiger charge is 2.26. The van der Waals surface area contributed by atoms with Gasteiger partial charge in [0.15, 0.2) is 16.6 Å². The number of rotatable bonds is 7. The Morgan fingerprint density at radius 3 is 2.67 bits per heavy atom. The smallest absolute Gasteiger partial charge is 0.264 e. The van der Waals surface area contributed by atoms with Crippen LogP contribution in [0.25, 0.3) is 10.2 Å². The molecule has 1 saturated heterocycles. The number of fused-ring (bicyclic) bond motifs is 1. The Morgan fingerprint density at radius 1 is 1.13 bits per heavy atom. The van der Waals surface area contributed by atoms with Gasteiger partial charge < -0.3 is 14.2 Å². The summed E-state index contributed by atoms with van der Waals surface area (Å²) in [7, 11) is 3.11. The zero-order valence-electron chi connectivity index (χ0n) is 17.2. The molecule has 8 heteroatoms. The lowest BCUT2D eigenvalue weighted by Gasteiger charge is -2.29. The molecule has 158 valence electrons. The van der Waals surface area contributed by atoms with E-state index in [1.165, 1.54) is 11.3 Å². The standard InChI is InChI=1S/C22H25N3O4S/c1-27-18-8-5-6-16(20(18)28-2)21(26)25(11-10-24-12-14-29-15-13-24)22-23-17-7-3-4-9-19(17)30-22/h3-9H,10-15H2,1-2H3. The van der Waals surface area contributed by atoms with E-state index in [2.05, 4.69) is 4.90 Å². The first kappa shape index (κ1) is 20.6. The van der Waals surface area contributed by atoms with Crippen molar-refractivity contribution in [2.24, 2.45) is 0 Å². The number of carbonyl (C=O) groups is 1. The second-order valence-electron chi connectivity index (χ2n) is 6.92. The second kappa shape index (κ2) is 9.42. The third-order valence-corrected chi connectivity index (χ3v) is 6.19. The number of hydrogen-bond donors (Lipinski definition) is 0. The van der Waals surface area contributed by atoms with Crippen LogP contribution in [0.3, 0.4) is 0 Å². The van der Waals surface area contributed by atoms with Crippen LogP contribution in [0.15, 0.2) is 42.5 Å². The normalized spacial score (nSPS) is 14.6. The molecule has 0 spiro atoms. The fraction of sp³-hybridized carbons (Fsp3) is 0.364. The summed E-state index contributed by atoms with van der Waals surface area (Å²) in [5.41, 5.74) is 1.34. The number of aromatic nitrogens is 1. The van der Waals surface area contributed by atoms with Gasteiger partial charge in [-0.1, -0.05) is 29.5 Å². The Kier molecular flexibility index (Phi) is 6.47. The van der Waals surface area contributed by atoms with Crippen LogP contribution in [0, 0.1) is 0 Å². The highest BCUT2D eigenvalue weighted by molar-refractivity contribution is 7.22. The minimum absolute atomic E-state index is 0.155. The van der Waals surface area contributed by atoms with Gasteiger partial charge >= 0.3 is 0 Å². The van der Waals surface area contributed by atoms with Crippen LogP contribution in [-0.2, 0) is 4.74 Å². The maximum absolute atomic E-state index is 13.7. The second-order valence-corrected chi connectivity index (χ2v) is 7.93. The van der Waals surface area contributed by atoms with Crippen molar-refractivity contribution in [1.29, 1.82) is 0 Å². The molecule has 4 rings (SSSR count). The van der Waals surface area contributed by atoms with Crippen molar-refractivity contribution in [1.82, 2.24) is 9.88 Å². The van der Waals surface area contributed by atoms with Gasteiger partial charge in [-0.2, -0.15) is 0 Å². The fourth-order valence-corrected chi connectivity index (χ4v) is 4.52. The monoisotopic (exact) mass is 427 g/mol. The zero-order chi connectivity index (χ0) is 20.9. The molecule has 0 saturated carbocycles. The van der Waals surface area contributed by atoms with E-state index in [1.807, 2.05) is 24.3 Å². The van der Waals surface area contributed by atoms with Crippen molar-refractivity contribution in [2.75, 3.05) is 58.5 Å². The maximum atomic E-state index is 13.7. The fourth-order valence-electron chi connectivity index (χ4n) is 3.53. The van der Waals surface area contributed by atoms with E-state index in [0.29, 0.717) is 28.7 Å². The van der Waals surface area contributed by atoms with Gasteiger partial charge in [-0.25, -0.2) is 4.98 Å². The van der Waals surface area contributed by atoms with E-state index in [0.717, 1.165) is 43.1 Å². The summed E-state index contributed by atoms with van der Waals surface area (Å²) in [5, 5.41) is 0.680. The molecule has 0 radical (unpaired) electrons. The van der Waals surface area contributed by atoms with Gasteiger partial charge in [-0.3, -0.25) is 14.6 Å². The van der Waals surface area contributed by atoms with Crippen molar-refractivity contribution in [3.8, 4) is 11.5 Å². The van der Waals surface area contributed by atoms with E-state index in [9.17, 15) is 4.79 Å². The summed E-state index contributed by atoms with van der Waals surface area (Å²) in [5.74, 6) is 0.807. The Balaban J connectivity index is 1.68. The van der Waals surface area contributed by atoms with Gasteiger partial charge in [0.1, 0.15) is 0 Å². The van der Waals surface area contributed by atoms with E-state index in [-0.39, 0.29) is 5.91 Å². The Morgan fingerprint density at radius 2 is 1.93 bits per heavy atom. The molecule has 0 bridgehead atoms. The number of thiazole rings is 1. The number of para-hydroxylation sites is 2. The van der Waals surface area contributed by atoms with E-state index >= 15 is 0 Å². The van der Waals surface area contributed by atoms with Gasteiger partial charge in [-0.05, 0) is 24.3 Å². The molecule has 1 aromatic heterocycles. The first-order valence-electron chi connectivity index (χ1n) is 9.90. The molecule has 0 unspecified atom stereocenters. The molecule has 1 aliphatic rings. The molecule has 2 aromatic carbocycles. The van der Waals surface area contributed by atoms with Gasteiger partial charge in [0.05, 0.1) is 43.2 Å². The quantitative estimate of drug-likeness (QED) is 0.577. The number of methoxy groups -OCH3 is 2. The van der Waals surface area contributed by atoms with Crippen molar-refractivity contribution in [3.05, 3.63) is 48.0 Å². The number of benzene rings is 2. The van der Waals surface area contributed by atoms with Gasteiger partial charge in [0.2, 0.25) is 0 Å². The average Bonchev–Trinajstić information content (AvgIpc) is 3.23. The van der Waals surface area contributed by atoms with Gasteiger partial charge in [0, 0.05) is 26.2 Å². The lowest BCUT2D eigenvalue weighted by Crippen LogP contribution is -2.43. The molecule has 30 heavy (non-hydrogen) atoms. The van der Waals surface area contributed by atoms with Crippen molar-refractivity contribution in [3.63, 3.8) is 0 Å². The Bertz CT molecular complexity index is 984. The Labute approximate surface area is 179 Å². The van der Waals surface area contributed by atoms with Gasteiger partial charge in [0.25, 0.3) is 5.91 Å². The molecule has 2 heterocycles. The molecule has 3 aromatic rings. The average molecular weight is 428 g/mol. The summed E-state index contributed by atoms with van der Waals surface area (Å²) >= 11 is 1.52. The third kappa shape index (κ3) is 4.26. The first-order valence-corrected chi connectivity index (χ1v) is 10.7. The minimum Gasteiger partial charge on any atom is -0.493 e. The van der Waals surface area contributed by atoms with Crippen LogP contribution in [0.1, 0.15) is 10.4 Å². The van der Waals surface area contributed by atoms with Crippen molar-refractivity contribution < 1.29 is 19.0 Å². The number of anilines is 1. The lowest BCUT2D eigenvalue weighted by molar-refractivity contribution is 0.0391. The zero-order valence-corrected chi connectivity index (χ0v) is 18.0. The Hall–Kier alpha value is -2.68.